The highest BCUT2D eigenvalue weighted by Crippen LogP contribution is 2.30. The quantitative estimate of drug-likeness (QED) is 0.880. The summed E-state index contributed by atoms with van der Waals surface area (Å²) < 4.78 is 0.956. The maximum atomic E-state index is 12.8. The van der Waals surface area contributed by atoms with E-state index in [4.69, 9.17) is 0 Å². The zero-order chi connectivity index (χ0) is 17.1. The number of carbonyl (C=O) groups excluding carboxylic acids is 2. The van der Waals surface area contributed by atoms with Gasteiger partial charge in [-0.1, -0.05) is 58.4 Å². The molecule has 0 spiro atoms. The van der Waals surface area contributed by atoms with Crippen LogP contribution in [0.2, 0.25) is 0 Å². The molecule has 0 saturated heterocycles. The average Bonchev–Trinajstić information content (AvgIpc) is 2.59. The topological polar surface area (TPSA) is 49.4 Å². The van der Waals surface area contributed by atoms with Gasteiger partial charge in [-0.25, -0.2) is 0 Å². The van der Waals surface area contributed by atoms with Crippen molar-refractivity contribution in [1.29, 1.82) is 0 Å². The van der Waals surface area contributed by atoms with Crippen molar-refractivity contribution in [2.75, 3.05) is 6.54 Å². The number of benzene rings is 2. The highest BCUT2D eigenvalue weighted by Gasteiger charge is 2.34. The molecular formula is C19H19BrN2O2. The first-order valence-electron chi connectivity index (χ1n) is 7.94. The van der Waals surface area contributed by atoms with Crippen LogP contribution in [0, 0.1) is 0 Å². The highest BCUT2D eigenvalue weighted by molar-refractivity contribution is 9.10. The van der Waals surface area contributed by atoms with Gasteiger partial charge in [-0.05, 0) is 29.2 Å². The van der Waals surface area contributed by atoms with Crippen molar-refractivity contribution in [1.82, 2.24) is 10.2 Å². The van der Waals surface area contributed by atoms with E-state index in [0.29, 0.717) is 13.1 Å². The van der Waals surface area contributed by atoms with Gasteiger partial charge in [0, 0.05) is 24.5 Å². The average molecular weight is 387 g/mol. The lowest BCUT2D eigenvalue weighted by Crippen LogP contribution is -2.46. The molecule has 2 aromatic carbocycles. The molecule has 0 aliphatic carbocycles. The van der Waals surface area contributed by atoms with Crippen LogP contribution in [0.15, 0.2) is 53.0 Å². The van der Waals surface area contributed by atoms with E-state index in [-0.39, 0.29) is 11.8 Å². The maximum Gasteiger partial charge on any atom is 0.247 e. The van der Waals surface area contributed by atoms with Gasteiger partial charge < -0.3 is 10.2 Å². The minimum atomic E-state index is -0.560. The predicted molar refractivity (Wildman–Crippen MR) is 96.3 cm³/mol. The second kappa shape index (κ2) is 7.18. The Morgan fingerprint density at radius 3 is 2.62 bits per heavy atom. The van der Waals surface area contributed by atoms with Crippen molar-refractivity contribution in [3.05, 3.63) is 69.7 Å². The van der Waals surface area contributed by atoms with Crippen LogP contribution in [0.25, 0.3) is 0 Å². The van der Waals surface area contributed by atoms with Crippen LogP contribution in [-0.4, -0.2) is 23.3 Å². The number of rotatable bonds is 3. The molecule has 3 rings (SSSR count). The van der Waals surface area contributed by atoms with E-state index in [0.717, 1.165) is 27.6 Å². The Labute approximate surface area is 150 Å². The molecular weight excluding hydrogens is 368 g/mol. The second-order valence-electron chi connectivity index (χ2n) is 5.87. The maximum absolute atomic E-state index is 12.8. The zero-order valence-corrected chi connectivity index (χ0v) is 15.0. The molecule has 0 radical (unpaired) electrons. The van der Waals surface area contributed by atoms with Crippen molar-refractivity contribution >= 4 is 27.7 Å². The van der Waals surface area contributed by atoms with E-state index in [1.165, 1.54) is 6.92 Å². The Balaban J connectivity index is 1.83. The van der Waals surface area contributed by atoms with Gasteiger partial charge in [-0.3, -0.25) is 9.59 Å². The first-order chi connectivity index (χ1) is 11.6. The van der Waals surface area contributed by atoms with Crippen LogP contribution in [-0.2, 0) is 22.6 Å². The SMILES string of the molecule is CC(=O)N1CCc2ccccc2[C@@H]1C(=O)NCc1ccccc1Br. The molecule has 0 saturated carbocycles. The Bertz CT molecular complexity index is 775. The van der Waals surface area contributed by atoms with Crippen LogP contribution in [0.4, 0.5) is 0 Å². The van der Waals surface area contributed by atoms with Crippen LogP contribution in [0.1, 0.15) is 29.7 Å². The standard InChI is InChI=1S/C19H19BrN2O2/c1-13(23)22-11-10-14-6-2-4-8-16(14)18(22)19(24)21-12-15-7-3-5-9-17(15)20/h2-9,18H,10-12H2,1H3,(H,21,24)/t18-/m1/s1. The summed E-state index contributed by atoms with van der Waals surface area (Å²) in [6.07, 6.45) is 0.782. The van der Waals surface area contributed by atoms with Gasteiger partial charge in [0.25, 0.3) is 0 Å². The fraction of sp³-hybridized carbons (Fsp3) is 0.263. The lowest BCUT2D eigenvalue weighted by atomic mass is 9.92. The molecule has 1 aliphatic rings. The van der Waals surface area contributed by atoms with E-state index in [1.54, 1.807) is 4.90 Å². The molecule has 2 aromatic rings. The van der Waals surface area contributed by atoms with E-state index in [2.05, 4.69) is 21.2 Å². The fourth-order valence-electron chi connectivity index (χ4n) is 3.11. The number of nitrogens with one attached hydrogen (secondary N) is 1. The molecule has 0 fully saturated rings. The van der Waals surface area contributed by atoms with E-state index >= 15 is 0 Å². The summed E-state index contributed by atoms with van der Waals surface area (Å²) in [4.78, 5) is 26.5. The van der Waals surface area contributed by atoms with Gasteiger partial charge in [0.1, 0.15) is 6.04 Å². The molecule has 0 bridgehead atoms. The highest BCUT2D eigenvalue weighted by atomic mass is 79.9. The summed E-state index contributed by atoms with van der Waals surface area (Å²) in [5.74, 6) is -0.223. The summed E-state index contributed by atoms with van der Waals surface area (Å²) in [7, 11) is 0. The number of hydrogen-bond acceptors (Lipinski definition) is 2. The third kappa shape index (κ3) is 3.36. The predicted octanol–water partition coefficient (Wildman–Crippen LogP) is 3.21. The van der Waals surface area contributed by atoms with Crippen molar-refractivity contribution in [3.8, 4) is 0 Å². The number of fused-ring (bicyclic) bond motifs is 1. The van der Waals surface area contributed by atoms with Crippen molar-refractivity contribution in [3.63, 3.8) is 0 Å². The number of amides is 2. The Morgan fingerprint density at radius 2 is 1.88 bits per heavy atom. The largest absolute Gasteiger partial charge is 0.350 e. The van der Waals surface area contributed by atoms with Crippen molar-refractivity contribution in [2.24, 2.45) is 0 Å². The van der Waals surface area contributed by atoms with E-state index < -0.39 is 6.04 Å². The molecule has 24 heavy (non-hydrogen) atoms. The van der Waals surface area contributed by atoms with Gasteiger partial charge in [0.15, 0.2) is 0 Å². The molecule has 4 nitrogen and oxygen atoms in total. The van der Waals surface area contributed by atoms with E-state index in [9.17, 15) is 9.59 Å². The van der Waals surface area contributed by atoms with E-state index in [1.807, 2.05) is 48.5 Å². The van der Waals surface area contributed by atoms with Crippen LogP contribution in [0.5, 0.6) is 0 Å². The molecule has 2 amide bonds. The van der Waals surface area contributed by atoms with Crippen LogP contribution in [0.3, 0.4) is 0 Å². The lowest BCUT2D eigenvalue weighted by Gasteiger charge is -2.35. The van der Waals surface area contributed by atoms with Gasteiger partial charge in [0.2, 0.25) is 11.8 Å². The molecule has 0 unspecified atom stereocenters. The Kier molecular flexibility index (Phi) is 5.00. The van der Waals surface area contributed by atoms with Crippen molar-refractivity contribution < 1.29 is 9.59 Å². The van der Waals surface area contributed by atoms with Gasteiger partial charge in [-0.15, -0.1) is 0 Å². The van der Waals surface area contributed by atoms with Gasteiger partial charge >= 0.3 is 0 Å². The summed E-state index contributed by atoms with van der Waals surface area (Å²) in [5, 5.41) is 2.97. The number of hydrogen-bond donors (Lipinski definition) is 1. The first kappa shape index (κ1) is 16.7. The zero-order valence-electron chi connectivity index (χ0n) is 13.5. The lowest BCUT2D eigenvalue weighted by molar-refractivity contribution is -0.139. The summed E-state index contributed by atoms with van der Waals surface area (Å²) in [5.41, 5.74) is 3.06. The summed E-state index contributed by atoms with van der Waals surface area (Å²) >= 11 is 3.49. The summed E-state index contributed by atoms with van der Waals surface area (Å²) in [6, 6.07) is 15.1. The van der Waals surface area contributed by atoms with Crippen LogP contribution < -0.4 is 5.32 Å². The van der Waals surface area contributed by atoms with Gasteiger partial charge in [-0.2, -0.15) is 0 Å². The monoisotopic (exact) mass is 386 g/mol. The summed E-state index contributed by atoms with van der Waals surface area (Å²) in [6.45, 7) is 2.51. The minimum Gasteiger partial charge on any atom is -0.350 e. The Hall–Kier alpha value is -2.14. The minimum absolute atomic E-state index is 0.0782. The number of halogens is 1. The molecule has 0 aromatic heterocycles. The normalized spacial score (nSPS) is 16.4. The molecule has 124 valence electrons. The molecule has 1 N–H and O–H groups in total. The number of nitrogens with zero attached hydrogens (tertiary/aromatic N) is 1. The van der Waals surface area contributed by atoms with Crippen LogP contribution >= 0.6 is 15.9 Å². The first-order valence-corrected chi connectivity index (χ1v) is 8.73. The second-order valence-corrected chi connectivity index (χ2v) is 6.73. The Morgan fingerprint density at radius 1 is 1.17 bits per heavy atom. The molecule has 1 heterocycles. The molecule has 1 aliphatic heterocycles. The third-order valence-corrected chi connectivity index (χ3v) is 5.12. The molecule has 1 atom stereocenters. The molecule has 5 heteroatoms. The fourth-order valence-corrected chi connectivity index (χ4v) is 3.53. The van der Waals surface area contributed by atoms with Gasteiger partial charge in [0.05, 0.1) is 0 Å². The number of carbonyl (C=O) groups is 2. The smallest absolute Gasteiger partial charge is 0.247 e. The van der Waals surface area contributed by atoms with Crippen molar-refractivity contribution in [2.45, 2.75) is 25.9 Å². The third-order valence-electron chi connectivity index (χ3n) is 4.35.